The van der Waals surface area contributed by atoms with Crippen LogP contribution in [0.2, 0.25) is 0 Å². The summed E-state index contributed by atoms with van der Waals surface area (Å²) >= 11 is 0. The number of amides is 6. The van der Waals surface area contributed by atoms with Crippen LogP contribution in [0.15, 0.2) is 72.8 Å². The second kappa shape index (κ2) is 33.7. The highest BCUT2D eigenvalue weighted by Crippen LogP contribution is 2.56. The third kappa shape index (κ3) is 19.1. The first-order valence-electron chi connectivity index (χ1n) is 31.8. The average molecular weight is 1240 g/mol. The molecule has 12 atom stereocenters. The van der Waals surface area contributed by atoms with Crippen LogP contribution in [0, 0.1) is 22.7 Å². The lowest BCUT2D eigenvalue weighted by atomic mass is 9.75. The van der Waals surface area contributed by atoms with Crippen molar-refractivity contribution in [3.05, 3.63) is 83.9 Å². The van der Waals surface area contributed by atoms with Crippen LogP contribution in [0.4, 0.5) is 0 Å². The molecule has 0 radical (unpaired) electrons. The van der Waals surface area contributed by atoms with Gasteiger partial charge in [0.1, 0.15) is 12.1 Å². The van der Waals surface area contributed by atoms with E-state index < -0.39 is 97.5 Å². The first kappa shape index (κ1) is 70.3. The van der Waals surface area contributed by atoms with Crippen molar-refractivity contribution >= 4 is 50.6 Å². The Balaban J connectivity index is 1.36. The van der Waals surface area contributed by atoms with Crippen molar-refractivity contribution in [2.45, 2.75) is 224 Å². The molecule has 2 aromatic carbocycles. The lowest BCUT2D eigenvalue weighted by Crippen LogP contribution is -2.55. The van der Waals surface area contributed by atoms with E-state index in [2.05, 4.69) is 31.9 Å². The van der Waals surface area contributed by atoms with Crippen molar-refractivity contribution in [3.63, 3.8) is 0 Å². The fourth-order valence-electron chi connectivity index (χ4n) is 13.3. The summed E-state index contributed by atoms with van der Waals surface area (Å²) in [6.07, 6.45) is 12.5. The summed E-state index contributed by atoms with van der Waals surface area (Å²) in [5.74, 6) is -8.06. The molecule has 6 rings (SSSR count). The van der Waals surface area contributed by atoms with E-state index in [1.807, 2.05) is 93.6 Å². The maximum atomic E-state index is 15.2. The van der Waals surface area contributed by atoms with E-state index in [1.165, 1.54) is 0 Å². The summed E-state index contributed by atoms with van der Waals surface area (Å²) < 4.78 is 51.7. The highest BCUT2D eigenvalue weighted by molar-refractivity contribution is 7.54. The maximum Gasteiger partial charge on any atom is 0.360 e. The summed E-state index contributed by atoms with van der Waals surface area (Å²) in [5, 5.41) is 42.7. The van der Waals surface area contributed by atoms with Crippen molar-refractivity contribution in [2.24, 2.45) is 22.7 Å². The molecule has 0 saturated carbocycles. The topological polar surface area (TPSA) is 286 Å². The van der Waals surface area contributed by atoms with Gasteiger partial charge in [-0.15, -0.1) is 0 Å². The molecule has 2 aromatic rings. The Kier molecular flexibility index (Phi) is 27.6. The van der Waals surface area contributed by atoms with E-state index in [0.717, 1.165) is 43.2 Å². The van der Waals surface area contributed by atoms with Crippen LogP contribution in [-0.2, 0) is 56.0 Å². The molecule has 0 bridgehead atoms. The molecule has 8 unspecified atom stereocenters. The van der Waals surface area contributed by atoms with Gasteiger partial charge in [-0.05, 0) is 134 Å². The van der Waals surface area contributed by atoms with E-state index in [-0.39, 0.29) is 94.5 Å². The zero-order chi connectivity index (χ0) is 62.5. The Morgan fingerprint density at radius 2 is 1.00 bits per heavy atom. The van der Waals surface area contributed by atoms with Gasteiger partial charge < -0.3 is 60.2 Å². The Bertz CT molecular complexity index is 2630. The first-order valence-corrected chi connectivity index (χ1v) is 35.1. The molecular weight excluding hydrogens is 1140 g/mol. The van der Waals surface area contributed by atoms with Crippen LogP contribution in [0.25, 0.3) is 0 Å². The van der Waals surface area contributed by atoms with Crippen LogP contribution in [0.3, 0.4) is 0 Å². The predicted molar refractivity (Wildman–Crippen MR) is 330 cm³/mol. The second-order valence-electron chi connectivity index (χ2n) is 24.7. The van der Waals surface area contributed by atoms with Gasteiger partial charge in [-0.25, -0.2) is 0 Å². The van der Waals surface area contributed by atoms with Crippen molar-refractivity contribution in [3.8, 4) is 0 Å². The lowest BCUT2D eigenvalue weighted by Gasteiger charge is -2.36. The molecule has 3 saturated heterocycles. The maximum absolute atomic E-state index is 15.2. The van der Waals surface area contributed by atoms with Crippen molar-refractivity contribution in [1.29, 1.82) is 0 Å². The van der Waals surface area contributed by atoms with Crippen LogP contribution in [0.5, 0.6) is 0 Å². The van der Waals surface area contributed by atoms with Gasteiger partial charge in [0.2, 0.25) is 35.4 Å². The van der Waals surface area contributed by atoms with Gasteiger partial charge in [-0.2, -0.15) is 0 Å². The number of hydrogen-bond donors (Lipinski definition) is 8. The number of benzene rings is 2. The Morgan fingerprint density at radius 3 is 1.49 bits per heavy atom. The molecule has 0 aliphatic carbocycles. The molecule has 4 heterocycles. The van der Waals surface area contributed by atoms with E-state index in [4.69, 9.17) is 18.1 Å². The third-order valence-electron chi connectivity index (χ3n) is 17.6. The number of allylic oxidation sites excluding steroid dienone is 2. The SMILES string of the molecule is CCOP(=O)(OCC)C(O)[C@@H]1CC2(CCCCCCCC(c3ccccc3)C(=O)N[C@@H](CC(C)CC3CC4(C/C=C/CCCCC(c5ccccc5)C(=O)N[C@@H](CC(C)C)C(=O)N[C@H](C(O)P(=O)(OCC)OCC)C4)C(=O)N3)C(=O)N1)CCNC2=O. The highest BCUT2D eigenvalue weighted by Gasteiger charge is 2.53. The van der Waals surface area contributed by atoms with E-state index in [0.29, 0.717) is 57.9 Å². The van der Waals surface area contributed by atoms with Gasteiger partial charge in [-0.3, -0.25) is 37.9 Å². The molecule has 2 spiro atoms. The Hall–Kier alpha value is -4.78. The summed E-state index contributed by atoms with van der Waals surface area (Å²) in [6, 6.07) is 13.3. The molecule has 22 heteroatoms. The molecule has 8 N–H and O–H groups in total. The normalized spacial score (nSPS) is 29.1. The minimum Gasteiger partial charge on any atom is -0.379 e. The van der Waals surface area contributed by atoms with Gasteiger partial charge >= 0.3 is 15.2 Å². The first-order chi connectivity index (χ1) is 41.2. The van der Waals surface area contributed by atoms with E-state index in [9.17, 15) is 43.3 Å². The minimum absolute atomic E-state index is 0.0404. The van der Waals surface area contributed by atoms with Crippen LogP contribution in [-0.4, -0.2) is 121 Å². The molecule has 20 nitrogen and oxygen atoms in total. The molecule has 4 aliphatic rings. The third-order valence-corrected chi connectivity index (χ3v) is 22.1. The van der Waals surface area contributed by atoms with Crippen LogP contribution < -0.4 is 31.9 Å². The van der Waals surface area contributed by atoms with E-state index in [1.54, 1.807) is 27.7 Å². The highest BCUT2D eigenvalue weighted by atomic mass is 31.2. The zero-order valence-electron chi connectivity index (χ0n) is 51.9. The second-order valence-corrected chi connectivity index (χ2v) is 28.9. The zero-order valence-corrected chi connectivity index (χ0v) is 53.7. The fraction of sp³-hybridized carbons (Fsp3) is 0.688. The van der Waals surface area contributed by atoms with Crippen LogP contribution >= 0.6 is 15.2 Å². The smallest absolute Gasteiger partial charge is 0.360 e. The summed E-state index contributed by atoms with van der Waals surface area (Å²) in [7, 11) is -8.72. The number of carbonyl (C=O) groups is 6. The molecule has 3 fully saturated rings. The molecule has 6 amide bonds. The van der Waals surface area contributed by atoms with Crippen molar-refractivity contribution in [2.75, 3.05) is 33.0 Å². The summed E-state index contributed by atoms with van der Waals surface area (Å²) in [6.45, 7) is 12.3. The largest absolute Gasteiger partial charge is 0.379 e. The van der Waals surface area contributed by atoms with Crippen molar-refractivity contribution in [1.82, 2.24) is 31.9 Å². The summed E-state index contributed by atoms with van der Waals surface area (Å²) in [5.41, 5.74) is -0.724. The molecule has 0 aromatic heterocycles. The number of aliphatic hydroxyl groups excluding tert-OH is 2. The molecule has 480 valence electrons. The van der Waals surface area contributed by atoms with Gasteiger partial charge in [-0.1, -0.05) is 132 Å². The van der Waals surface area contributed by atoms with Crippen LogP contribution in [0.1, 0.15) is 193 Å². The Morgan fingerprint density at radius 1 is 0.523 bits per heavy atom. The average Bonchev–Trinajstić information content (AvgIpc) is 1.68. The quantitative estimate of drug-likeness (QED) is 0.0453. The lowest BCUT2D eigenvalue weighted by molar-refractivity contribution is -0.132. The Labute approximate surface area is 510 Å². The number of aliphatic hydroxyl groups is 2. The molecule has 86 heavy (non-hydrogen) atoms. The molecule has 4 aliphatic heterocycles. The minimum atomic E-state index is -4.39. The van der Waals surface area contributed by atoms with Gasteiger partial charge in [0.05, 0.1) is 61.2 Å². The molecular formula is C64H100N6O14P2. The number of rotatable bonds is 20. The van der Waals surface area contributed by atoms with Gasteiger partial charge in [0.25, 0.3) is 0 Å². The fourth-order valence-corrected chi connectivity index (χ4v) is 16.7. The predicted octanol–water partition coefficient (Wildman–Crippen LogP) is 9.55. The number of carbonyl (C=O) groups excluding carboxylic acids is 6. The summed E-state index contributed by atoms with van der Waals surface area (Å²) in [4.78, 5) is 88.1. The number of nitrogens with one attached hydrogen (secondary N) is 6. The monoisotopic (exact) mass is 1240 g/mol. The van der Waals surface area contributed by atoms with Gasteiger partial charge in [0.15, 0.2) is 11.7 Å². The standard InChI is InChI=1S/C64H100N6O14P2/c1-8-81-85(79,82-9-2)59(75)53-42-63(36-37-65-61(63)77)34-26-16-12-14-24-33-50(47-30-22-19-23-31-47)56(72)68-52(58(74)69-53)40-45(7)39-48-41-64(62(78)66-48)35-27-17-13-15-25-32-49(46-28-20-18-21-29-46)55(71)67-51(38-44(5)6)57(73)70-54(43-64)60(76)86(80,83-10-3)84-11-4/h17-23,27-31,44-45,48-54,59-60,75-76H,8-16,24-26,32-43H2,1-7H3,(H,65,77)(H,66,78)(H,67,71)(H,68,72)(H,69,74)(H,70,73)/b27-17+/t45?,48?,49?,50?,51-,52-,53-,54-,59?,60?,63?,64?/m0/s1. The number of hydrogen-bond acceptors (Lipinski definition) is 14. The van der Waals surface area contributed by atoms with Gasteiger partial charge in [0, 0.05) is 12.6 Å². The van der Waals surface area contributed by atoms with Crippen molar-refractivity contribution < 1.29 is 66.2 Å². The van der Waals surface area contributed by atoms with E-state index >= 15 is 4.79 Å².